The maximum absolute atomic E-state index is 9.60. The van der Waals surface area contributed by atoms with Gasteiger partial charge in [0.1, 0.15) is 17.2 Å². The molecule has 0 aliphatic rings. The lowest BCUT2D eigenvalue weighted by Crippen LogP contribution is -2.12. The van der Waals surface area contributed by atoms with Gasteiger partial charge in [0, 0.05) is 25.0 Å². The van der Waals surface area contributed by atoms with Gasteiger partial charge in [0.05, 0.1) is 5.39 Å². The normalized spacial score (nSPS) is 11.2. The van der Waals surface area contributed by atoms with Gasteiger partial charge in [-0.2, -0.15) is 9.97 Å². The fraction of sp³-hybridized carbons (Fsp3) is 0.167. The first-order valence-electron chi connectivity index (χ1n) is 5.51. The van der Waals surface area contributed by atoms with Gasteiger partial charge in [-0.1, -0.05) is 0 Å². The van der Waals surface area contributed by atoms with Gasteiger partial charge in [-0.05, 0) is 18.2 Å². The quantitative estimate of drug-likeness (QED) is 0.602. The van der Waals surface area contributed by atoms with Crippen LogP contribution in [-0.4, -0.2) is 34.2 Å². The molecule has 2 heterocycles. The molecule has 1 aromatic carbocycles. The second-order valence-electron chi connectivity index (χ2n) is 4.38. The second kappa shape index (κ2) is 3.49. The molecule has 0 bridgehead atoms. The van der Waals surface area contributed by atoms with Crippen LogP contribution in [0.25, 0.3) is 21.9 Å². The summed E-state index contributed by atoms with van der Waals surface area (Å²) >= 11 is 0. The van der Waals surface area contributed by atoms with Crippen molar-refractivity contribution in [2.24, 2.45) is 0 Å². The van der Waals surface area contributed by atoms with E-state index >= 15 is 0 Å². The number of phenolic OH excluding ortho intramolecular Hbond substituents is 1. The zero-order valence-electron chi connectivity index (χ0n) is 10.1. The van der Waals surface area contributed by atoms with Crippen LogP contribution >= 0.6 is 0 Å². The number of aromatic amines is 1. The summed E-state index contributed by atoms with van der Waals surface area (Å²) < 4.78 is 0. The van der Waals surface area contributed by atoms with E-state index in [1.54, 1.807) is 12.1 Å². The predicted octanol–water partition coefficient (Wildman–Crippen LogP) is 1.46. The van der Waals surface area contributed by atoms with Crippen LogP contribution in [0.2, 0.25) is 0 Å². The van der Waals surface area contributed by atoms with Crippen LogP contribution in [-0.2, 0) is 0 Å². The van der Waals surface area contributed by atoms with Crippen molar-refractivity contribution in [1.29, 1.82) is 0 Å². The molecule has 6 nitrogen and oxygen atoms in total. The van der Waals surface area contributed by atoms with E-state index in [0.29, 0.717) is 5.65 Å². The average molecular weight is 243 g/mol. The monoisotopic (exact) mass is 243 g/mol. The largest absolute Gasteiger partial charge is 0.508 e. The smallest absolute Gasteiger partial charge is 0.223 e. The van der Waals surface area contributed by atoms with E-state index in [0.717, 1.165) is 22.1 Å². The number of hydrogen-bond acceptors (Lipinski definition) is 5. The molecule has 0 saturated carbocycles. The molecule has 0 saturated heterocycles. The molecule has 0 spiro atoms. The Balaban J connectivity index is 2.52. The highest BCUT2D eigenvalue weighted by atomic mass is 16.3. The molecule has 0 amide bonds. The molecule has 0 aliphatic heterocycles. The fourth-order valence-electron chi connectivity index (χ4n) is 2.10. The molecule has 0 atom stereocenters. The Morgan fingerprint density at radius 1 is 1.28 bits per heavy atom. The average Bonchev–Trinajstić information content (AvgIpc) is 2.65. The van der Waals surface area contributed by atoms with Crippen LogP contribution in [0.5, 0.6) is 5.75 Å². The third kappa shape index (κ3) is 1.42. The van der Waals surface area contributed by atoms with Crippen molar-refractivity contribution in [3.05, 3.63) is 18.2 Å². The van der Waals surface area contributed by atoms with Crippen molar-refractivity contribution in [3.63, 3.8) is 0 Å². The van der Waals surface area contributed by atoms with Crippen LogP contribution in [0.4, 0.5) is 11.8 Å². The standard InChI is InChI=1S/C12H13N5O/c1-17(2)11-9-7-5-6(18)3-4-8(7)14-10(9)15-12(13)16-11/h3-5,18H,1-2H3,(H3,13,14,15,16). The fourth-order valence-corrected chi connectivity index (χ4v) is 2.10. The highest BCUT2D eigenvalue weighted by Crippen LogP contribution is 2.32. The summed E-state index contributed by atoms with van der Waals surface area (Å²) in [5.41, 5.74) is 7.26. The van der Waals surface area contributed by atoms with Crippen molar-refractivity contribution in [3.8, 4) is 5.75 Å². The highest BCUT2D eigenvalue weighted by molar-refractivity contribution is 6.11. The van der Waals surface area contributed by atoms with Gasteiger partial charge in [-0.15, -0.1) is 0 Å². The number of nitrogens with two attached hydrogens (primary N) is 1. The Hall–Kier alpha value is -2.50. The van der Waals surface area contributed by atoms with E-state index in [4.69, 9.17) is 5.73 Å². The first-order valence-corrected chi connectivity index (χ1v) is 5.51. The summed E-state index contributed by atoms with van der Waals surface area (Å²) in [6.45, 7) is 0. The number of fused-ring (bicyclic) bond motifs is 3. The first-order chi connectivity index (χ1) is 8.56. The minimum Gasteiger partial charge on any atom is -0.508 e. The van der Waals surface area contributed by atoms with E-state index in [9.17, 15) is 5.11 Å². The molecule has 92 valence electrons. The van der Waals surface area contributed by atoms with Crippen LogP contribution in [0.1, 0.15) is 0 Å². The summed E-state index contributed by atoms with van der Waals surface area (Å²) in [7, 11) is 3.78. The molecule has 0 radical (unpaired) electrons. The van der Waals surface area contributed by atoms with E-state index in [-0.39, 0.29) is 11.7 Å². The zero-order chi connectivity index (χ0) is 12.9. The molecule has 2 aromatic heterocycles. The van der Waals surface area contributed by atoms with Crippen LogP contribution in [0.3, 0.4) is 0 Å². The molecule has 6 heteroatoms. The number of anilines is 2. The number of nitrogens with zero attached hydrogens (tertiary/aromatic N) is 3. The van der Waals surface area contributed by atoms with E-state index in [2.05, 4.69) is 15.0 Å². The van der Waals surface area contributed by atoms with Gasteiger partial charge in [-0.25, -0.2) is 0 Å². The van der Waals surface area contributed by atoms with Crippen LogP contribution in [0, 0.1) is 0 Å². The number of nitrogens with one attached hydrogen (secondary N) is 1. The summed E-state index contributed by atoms with van der Waals surface area (Å²) in [5.74, 6) is 1.17. The molecular weight excluding hydrogens is 230 g/mol. The molecule has 0 fully saturated rings. The van der Waals surface area contributed by atoms with Crippen LogP contribution in [0.15, 0.2) is 18.2 Å². The molecule has 4 N–H and O–H groups in total. The third-order valence-corrected chi connectivity index (χ3v) is 2.86. The number of aromatic nitrogens is 3. The summed E-state index contributed by atoms with van der Waals surface area (Å²) in [5, 5.41) is 11.3. The SMILES string of the molecule is CN(C)c1nc(N)nc2[nH]c3ccc(O)cc3c12. The molecule has 3 rings (SSSR count). The maximum Gasteiger partial charge on any atom is 0.223 e. The molecule has 3 aromatic rings. The number of hydrogen-bond donors (Lipinski definition) is 3. The minimum atomic E-state index is 0.213. The number of nitrogen functional groups attached to an aromatic ring is 1. The Morgan fingerprint density at radius 3 is 2.78 bits per heavy atom. The van der Waals surface area contributed by atoms with Crippen molar-refractivity contribution < 1.29 is 5.11 Å². The molecule has 0 unspecified atom stereocenters. The number of aromatic hydroxyl groups is 1. The number of rotatable bonds is 1. The van der Waals surface area contributed by atoms with Gasteiger partial charge in [0.2, 0.25) is 5.95 Å². The van der Waals surface area contributed by atoms with Gasteiger partial charge < -0.3 is 20.7 Å². The van der Waals surface area contributed by atoms with Gasteiger partial charge in [0.25, 0.3) is 0 Å². The number of benzene rings is 1. The lowest BCUT2D eigenvalue weighted by Gasteiger charge is -2.12. The lowest BCUT2D eigenvalue weighted by atomic mass is 10.2. The van der Waals surface area contributed by atoms with E-state index in [1.807, 2.05) is 25.1 Å². The topological polar surface area (TPSA) is 91.1 Å². The van der Waals surface area contributed by atoms with Gasteiger partial charge in [0.15, 0.2) is 0 Å². The second-order valence-corrected chi connectivity index (χ2v) is 4.38. The zero-order valence-corrected chi connectivity index (χ0v) is 10.1. The maximum atomic E-state index is 9.60. The first kappa shape index (κ1) is 10.6. The Bertz CT molecular complexity index is 747. The van der Waals surface area contributed by atoms with E-state index < -0.39 is 0 Å². The van der Waals surface area contributed by atoms with E-state index in [1.165, 1.54) is 0 Å². The Labute approximate surface area is 103 Å². The summed E-state index contributed by atoms with van der Waals surface area (Å²) in [6, 6.07) is 5.13. The third-order valence-electron chi connectivity index (χ3n) is 2.86. The Morgan fingerprint density at radius 2 is 2.06 bits per heavy atom. The van der Waals surface area contributed by atoms with Crippen LogP contribution < -0.4 is 10.6 Å². The number of phenols is 1. The molecular formula is C12H13N5O. The summed E-state index contributed by atoms with van der Waals surface area (Å²) in [6.07, 6.45) is 0. The van der Waals surface area contributed by atoms with Crippen molar-refractivity contribution in [2.75, 3.05) is 24.7 Å². The molecule has 0 aliphatic carbocycles. The van der Waals surface area contributed by atoms with Crippen molar-refractivity contribution in [1.82, 2.24) is 15.0 Å². The minimum absolute atomic E-state index is 0.213. The Kier molecular flexibility index (Phi) is 2.07. The lowest BCUT2D eigenvalue weighted by molar-refractivity contribution is 0.476. The number of H-pyrrole nitrogens is 1. The van der Waals surface area contributed by atoms with Gasteiger partial charge >= 0.3 is 0 Å². The predicted molar refractivity (Wildman–Crippen MR) is 71.8 cm³/mol. The highest BCUT2D eigenvalue weighted by Gasteiger charge is 2.14. The van der Waals surface area contributed by atoms with Crippen molar-refractivity contribution >= 4 is 33.7 Å². The van der Waals surface area contributed by atoms with Crippen molar-refractivity contribution in [2.45, 2.75) is 0 Å². The summed E-state index contributed by atoms with van der Waals surface area (Å²) in [4.78, 5) is 13.5. The molecule has 18 heavy (non-hydrogen) atoms. The van der Waals surface area contributed by atoms with Gasteiger partial charge in [-0.3, -0.25) is 0 Å².